The quantitative estimate of drug-likeness (QED) is 0.620. The molecule has 0 spiro atoms. The lowest BCUT2D eigenvalue weighted by atomic mass is 9.72. The van der Waals surface area contributed by atoms with Crippen molar-refractivity contribution in [2.45, 2.75) is 33.0 Å². The summed E-state index contributed by atoms with van der Waals surface area (Å²) in [7, 11) is 0. The van der Waals surface area contributed by atoms with Crippen molar-refractivity contribution in [1.29, 1.82) is 0 Å². The number of pyridine rings is 1. The van der Waals surface area contributed by atoms with E-state index in [0.717, 1.165) is 5.56 Å². The molecule has 0 saturated heterocycles. The van der Waals surface area contributed by atoms with Crippen molar-refractivity contribution >= 4 is 21.4 Å². The minimum absolute atomic E-state index is 0.109. The van der Waals surface area contributed by atoms with Crippen LogP contribution in [0, 0.1) is 11.4 Å². The Kier molecular flexibility index (Phi) is 3.44. The minimum atomic E-state index is -1.31. The molecule has 4 heterocycles. The second kappa shape index (κ2) is 5.23. The Morgan fingerprint density at radius 3 is 2.84 bits per heavy atom. The smallest absolute Gasteiger partial charge is 0.266 e. The Bertz CT molecular complexity index is 1030. The van der Waals surface area contributed by atoms with E-state index in [2.05, 4.69) is 15.2 Å². The first kappa shape index (κ1) is 16.4. The molecule has 0 aromatic carbocycles. The van der Waals surface area contributed by atoms with E-state index in [4.69, 9.17) is 4.74 Å². The lowest BCUT2D eigenvalue weighted by Crippen LogP contribution is -2.48. The molecule has 25 heavy (non-hydrogen) atoms. The number of nitrogens with zero attached hydrogens (tertiary/aromatic N) is 1. The van der Waals surface area contributed by atoms with Gasteiger partial charge in [0.15, 0.2) is 0 Å². The average Bonchev–Trinajstić information content (AvgIpc) is 3.14. The van der Waals surface area contributed by atoms with Gasteiger partial charge in [-0.2, -0.15) is 9.49 Å². The summed E-state index contributed by atoms with van der Waals surface area (Å²) in [6.45, 7) is 6.08. The van der Waals surface area contributed by atoms with Gasteiger partial charge in [0.05, 0.1) is 30.7 Å². The molecule has 0 amide bonds. The number of H-pyrrole nitrogens is 2. The third kappa shape index (κ3) is 2.28. The predicted molar refractivity (Wildman–Crippen MR) is 93.0 cm³/mol. The number of thiophene rings is 1. The zero-order chi connectivity index (χ0) is 18.0. The first-order chi connectivity index (χ1) is 11.7. The normalized spacial score (nSPS) is 20.8. The molecule has 4 rings (SSSR count). The van der Waals surface area contributed by atoms with Gasteiger partial charge in [0.1, 0.15) is 10.3 Å². The van der Waals surface area contributed by atoms with Crippen molar-refractivity contribution in [3.63, 3.8) is 0 Å². The van der Waals surface area contributed by atoms with Crippen LogP contribution in [0.3, 0.4) is 0 Å². The van der Waals surface area contributed by atoms with Crippen LogP contribution in [0.25, 0.3) is 20.5 Å². The fourth-order valence-corrected chi connectivity index (χ4v) is 4.29. The lowest BCUT2D eigenvalue weighted by molar-refractivity contribution is -0.139. The first-order valence-corrected chi connectivity index (χ1v) is 8.72. The number of aromatic amines is 2. The van der Waals surface area contributed by atoms with Crippen LogP contribution in [0.15, 0.2) is 17.1 Å². The van der Waals surface area contributed by atoms with E-state index in [1.807, 2.05) is 20.8 Å². The molecule has 0 aliphatic carbocycles. The summed E-state index contributed by atoms with van der Waals surface area (Å²) in [5.74, 6) is -0.542. The predicted octanol–water partition coefficient (Wildman–Crippen LogP) is 2.88. The van der Waals surface area contributed by atoms with E-state index in [-0.39, 0.29) is 18.8 Å². The molecule has 0 radical (unpaired) electrons. The molecule has 0 unspecified atom stereocenters. The molecule has 0 saturated carbocycles. The van der Waals surface area contributed by atoms with Crippen LogP contribution in [0.5, 0.6) is 0 Å². The SMILES string of the molecule is CC(C)(C)[C@]1(O)COCc2c1[nH]c(=O)c1sc(-c3cn[nH]c3F)cc21. The highest BCUT2D eigenvalue weighted by atomic mass is 32.1. The second-order valence-corrected chi connectivity index (χ2v) is 8.41. The number of aliphatic hydroxyl groups is 1. The third-order valence-electron chi connectivity index (χ3n) is 4.87. The maximum Gasteiger partial charge on any atom is 0.266 e. The summed E-state index contributed by atoms with van der Waals surface area (Å²) < 4.78 is 20.0. The second-order valence-electron chi connectivity index (χ2n) is 7.36. The van der Waals surface area contributed by atoms with E-state index in [1.165, 1.54) is 17.5 Å². The summed E-state index contributed by atoms with van der Waals surface area (Å²) in [6, 6.07) is 1.76. The number of aromatic nitrogens is 3. The van der Waals surface area contributed by atoms with Crippen LogP contribution in [0.4, 0.5) is 4.39 Å². The van der Waals surface area contributed by atoms with Crippen LogP contribution < -0.4 is 5.56 Å². The zero-order valence-corrected chi connectivity index (χ0v) is 14.9. The molecule has 1 aliphatic heterocycles. The van der Waals surface area contributed by atoms with Crippen molar-refractivity contribution in [2.24, 2.45) is 5.41 Å². The highest BCUT2D eigenvalue weighted by Crippen LogP contribution is 2.45. The van der Waals surface area contributed by atoms with Crippen molar-refractivity contribution in [3.05, 3.63) is 39.8 Å². The molecule has 3 aromatic heterocycles. The van der Waals surface area contributed by atoms with Gasteiger partial charge >= 0.3 is 0 Å². The Morgan fingerprint density at radius 2 is 2.20 bits per heavy atom. The molecular formula is C17H18FN3O3S. The van der Waals surface area contributed by atoms with Crippen LogP contribution in [-0.2, 0) is 16.9 Å². The Morgan fingerprint density at radius 1 is 1.44 bits per heavy atom. The van der Waals surface area contributed by atoms with Crippen molar-refractivity contribution in [1.82, 2.24) is 15.2 Å². The van der Waals surface area contributed by atoms with Gasteiger partial charge in [0.25, 0.3) is 5.56 Å². The third-order valence-corrected chi connectivity index (χ3v) is 6.04. The van der Waals surface area contributed by atoms with E-state index in [9.17, 15) is 14.3 Å². The van der Waals surface area contributed by atoms with Crippen molar-refractivity contribution < 1.29 is 14.2 Å². The van der Waals surface area contributed by atoms with Gasteiger partial charge in [0, 0.05) is 15.8 Å². The van der Waals surface area contributed by atoms with Gasteiger partial charge in [0.2, 0.25) is 5.95 Å². The maximum absolute atomic E-state index is 13.8. The van der Waals surface area contributed by atoms with Crippen LogP contribution in [0.2, 0.25) is 0 Å². The Hall–Kier alpha value is -2.03. The van der Waals surface area contributed by atoms with E-state index in [0.29, 0.717) is 26.2 Å². The van der Waals surface area contributed by atoms with Gasteiger partial charge in [-0.3, -0.25) is 9.89 Å². The molecule has 132 valence electrons. The van der Waals surface area contributed by atoms with Crippen LogP contribution in [0.1, 0.15) is 32.0 Å². The van der Waals surface area contributed by atoms with E-state index in [1.54, 1.807) is 6.07 Å². The first-order valence-electron chi connectivity index (χ1n) is 7.91. The fourth-order valence-electron chi connectivity index (χ4n) is 3.21. The molecule has 0 bridgehead atoms. The molecule has 3 aromatic rings. The number of fused-ring (bicyclic) bond motifs is 3. The Balaban J connectivity index is 2.01. The van der Waals surface area contributed by atoms with Gasteiger partial charge < -0.3 is 14.8 Å². The number of nitrogens with one attached hydrogen (secondary N) is 2. The molecule has 1 aliphatic rings. The number of hydrogen-bond acceptors (Lipinski definition) is 5. The van der Waals surface area contributed by atoms with Gasteiger partial charge in [-0.05, 0) is 11.5 Å². The number of halogens is 1. The van der Waals surface area contributed by atoms with Crippen LogP contribution >= 0.6 is 11.3 Å². The number of ether oxygens (including phenoxy) is 1. The van der Waals surface area contributed by atoms with Gasteiger partial charge in [-0.1, -0.05) is 20.8 Å². The molecule has 1 atom stereocenters. The van der Waals surface area contributed by atoms with Crippen molar-refractivity contribution in [2.75, 3.05) is 6.61 Å². The summed E-state index contributed by atoms with van der Waals surface area (Å²) in [4.78, 5) is 16.1. The number of rotatable bonds is 1. The monoisotopic (exact) mass is 363 g/mol. The molecule has 3 N–H and O–H groups in total. The summed E-state index contributed by atoms with van der Waals surface area (Å²) >= 11 is 1.20. The molecule has 8 heteroatoms. The maximum atomic E-state index is 13.8. The zero-order valence-electron chi connectivity index (χ0n) is 14.1. The highest BCUT2D eigenvalue weighted by Gasteiger charge is 2.47. The largest absolute Gasteiger partial charge is 0.381 e. The van der Waals surface area contributed by atoms with Crippen molar-refractivity contribution in [3.8, 4) is 10.4 Å². The van der Waals surface area contributed by atoms with E-state index >= 15 is 0 Å². The lowest BCUT2D eigenvalue weighted by Gasteiger charge is -2.43. The van der Waals surface area contributed by atoms with Gasteiger partial charge in [-0.15, -0.1) is 11.3 Å². The fraction of sp³-hybridized carbons (Fsp3) is 0.412. The summed E-state index contributed by atoms with van der Waals surface area (Å²) in [5.41, 5.74) is -0.591. The molecular weight excluding hydrogens is 345 g/mol. The topological polar surface area (TPSA) is 91.0 Å². The Labute approximate surface area is 146 Å². The highest BCUT2D eigenvalue weighted by molar-refractivity contribution is 7.22. The summed E-state index contributed by atoms with van der Waals surface area (Å²) in [5, 5.41) is 17.8. The minimum Gasteiger partial charge on any atom is -0.381 e. The summed E-state index contributed by atoms with van der Waals surface area (Å²) in [6.07, 6.45) is 1.39. The standard InChI is InChI=1S/C17H18FN3O3S/c1-16(2,3)17(23)7-24-6-10-8-4-11(9-5-19-21-14(9)18)25-12(8)15(22)20-13(10)17/h4-5,23H,6-7H2,1-3H3,(H,19,21)(H,20,22)/t17-/m0/s1. The van der Waals surface area contributed by atoms with E-state index < -0.39 is 17.0 Å². The average molecular weight is 363 g/mol. The molecule has 6 nitrogen and oxygen atoms in total. The van der Waals surface area contributed by atoms with Gasteiger partial charge in [-0.25, -0.2) is 0 Å². The number of hydrogen-bond donors (Lipinski definition) is 3. The molecule has 0 fully saturated rings. The van der Waals surface area contributed by atoms with Crippen LogP contribution in [-0.4, -0.2) is 26.9 Å².